The lowest BCUT2D eigenvalue weighted by Crippen LogP contribution is -2.21. The minimum atomic E-state index is -0.782. The van der Waals surface area contributed by atoms with E-state index in [2.05, 4.69) is 6.07 Å². The van der Waals surface area contributed by atoms with Gasteiger partial charge in [0.25, 0.3) is 0 Å². The van der Waals surface area contributed by atoms with Gasteiger partial charge in [0.15, 0.2) is 12.4 Å². The van der Waals surface area contributed by atoms with E-state index >= 15 is 0 Å². The molecule has 0 fully saturated rings. The SMILES string of the molecule is N#CC1=C(N)Oc2cc(OC(=O)COc3ccccc3[N+](=O)[O-])ccc2C1c1ccc(OCc2ccc(Cl)cc2)cc1. The molecule has 5 rings (SSSR count). The number of carbonyl (C=O) groups is 1. The Morgan fingerprint density at radius 1 is 1.00 bits per heavy atom. The number of ether oxygens (including phenoxy) is 4. The van der Waals surface area contributed by atoms with Crippen molar-refractivity contribution >= 4 is 23.3 Å². The predicted molar refractivity (Wildman–Crippen MR) is 152 cm³/mol. The van der Waals surface area contributed by atoms with Gasteiger partial charge in [0.05, 0.1) is 10.8 Å². The molecular weight excluding hydrogens is 562 g/mol. The third-order valence-electron chi connectivity index (χ3n) is 6.36. The first-order valence-corrected chi connectivity index (χ1v) is 13.0. The molecule has 2 N–H and O–H groups in total. The van der Waals surface area contributed by atoms with Gasteiger partial charge in [-0.1, -0.05) is 54.1 Å². The van der Waals surface area contributed by atoms with Gasteiger partial charge in [-0.05, 0) is 47.5 Å². The Morgan fingerprint density at radius 3 is 2.43 bits per heavy atom. The van der Waals surface area contributed by atoms with Crippen LogP contribution in [0.1, 0.15) is 22.6 Å². The van der Waals surface area contributed by atoms with E-state index in [4.69, 9.17) is 36.3 Å². The summed E-state index contributed by atoms with van der Waals surface area (Å²) >= 11 is 5.94. The molecule has 4 aromatic rings. The number of esters is 1. The third kappa shape index (κ3) is 6.27. The zero-order chi connectivity index (χ0) is 29.6. The molecule has 11 heteroatoms. The molecule has 0 saturated heterocycles. The summed E-state index contributed by atoms with van der Waals surface area (Å²) in [7, 11) is 0. The summed E-state index contributed by atoms with van der Waals surface area (Å²) in [6, 6.07) is 27.2. The van der Waals surface area contributed by atoms with Crippen LogP contribution < -0.4 is 24.7 Å². The summed E-state index contributed by atoms with van der Waals surface area (Å²) < 4.78 is 22.2. The van der Waals surface area contributed by atoms with E-state index in [9.17, 15) is 20.2 Å². The van der Waals surface area contributed by atoms with Crippen molar-refractivity contribution in [2.75, 3.05) is 6.61 Å². The number of hydrogen-bond acceptors (Lipinski definition) is 9. The monoisotopic (exact) mass is 583 g/mol. The van der Waals surface area contributed by atoms with Crippen LogP contribution in [0.4, 0.5) is 5.69 Å². The van der Waals surface area contributed by atoms with Crippen LogP contribution in [0.25, 0.3) is 0 Å². The van der Waals surface area contributed by atoms with E-state index in [0.717, 1.165) is 11.1 Å². The summed E-state index contributed by atoms with van der Waals surface area (Å²) in [6.45, 7) is -0.194. The maximum absolute atomic E-state index is 12.4. The van der Waals surface area contributed by atoms with Gasteiger partial charge < -0.3 is 24.7 Å². The molecule has 1 aliphatic heterocycles. The molecule has 1 unspecified atom stereocenters. The number of benzene rings is 4. The lowest BCUT2D eigenvalue weighted by molar-refractivity contribution is -0.385. The lowest BCUT2D eigenvalue weighted by atomic mass is 9.83. The van der Waals surface area contributed by atoms with E-state index in [1.54, 1.807) is 42.5 Å². The first-order chi connectivity index (χ1) is 20.3. The molecule has 1 aliphatic rings. The first kappa shape index (κ1) is 28.0. The minimum Gasteiger partial charge on any atom is -0.489 e. The highest BCUT2D eigenvalue weighted by Crippen LogP contribution is 2.43. The largest absolute Gasteiger partial charge is 0.489 e. The van der Waals surface area contributed by atoms with Crippen LogP contribution in [0.15, 0.2) is 102 Å². The number of halogens is 1. The normalized spacial score (nSPS) is 13.8. The van der Waals surface area contributed by atoms with Crippen LogP contribution in [0, 0.1) is 21.4 Å². The number of hydrogen-bond donors (Lipinski definition) is 1. The number of para-hydroxylation sites is 2. The molecule has 210 valence electrons. The van der Waals surface area contributed by atoms with Crippen molar-refractivity contribution in [1.29, 1.82) is 5.26 Å². The van der Waals surface area contributed by atoms with Gasteiger partial charge in [-0.25, -0.2) is 4.79 Å². The molecule has 0 amide bonds. The van der Waals surface area contributed by atoms with Crippen LogP contribution in [-0.4, -0.2) is 17.5 Å². The lowest BCUT2D eigenvalue weighted by Gasteiger charge is -2.26. The summed E-state index contributed by atoms with van der Waals surface area (Å²) in [4.78, 5) is 23.0. The van der Waals surface area contributed by atoms with Crippen molar-refractivity contribution in [2.24, 2.45) is 5.73 Å². The molecule has 0 aromatic heterocycles. The summed E-state index contributed by atoms with van der Waals surface area (Å²) in [5.41, 5.74) is 8.46. The van der Waals surface area contributed by atoms with Crippen molar-refractivity contribution in [1.82, 2.24) is 0 Å². The highest BCUT2D eigenvalue weighted by molar-refractivity contribution is 6.30. The maximum Gasteiger partial charge on any atom is 0.349 e. The number of nitriles is 1. The molecule has 0 aliphatic carbocycles. The van der Waals surface area contributed by atoms with Crippen molar-refractivity contribution in [3.63, 3.8) is 0 Å². The number of fused-ring (bicyclic) bond motifs is 1. The third-order valence-corrected chi connectivity index (χ3v) is 6.61. The van der Waals surface area contributed by atoms with Gasteiger partial charge in [0, 0.05) is 22.7 Å². The Kier molecular flexibility index (Phi) is 8.22. The number of nitrogens with zero attached hydrogens (tertiary/aromatic N) is 2. The molecule has 4 aromatic carbocycles. The Hall–Kier alpha value is -5.53. The zero-order valence-corrected chi connectivity index (χ0v) is 22.6. The highest BCUT2D eigenvalue weighted by Gasteiger charge is 2.31. The second-order valence-electron chi connectivity index (χ2n) is 9.10. The second kappa shape index (κ2) is 12.3. The number of rotatable bonds is 9. The highest BCUT2D eigenvalue weighted by atomic mass is 35.5. The average molecular weight is 584 g/mol. The molecule has 1 atom stereocenters. The van der Waals surface area contributed by atoms with Crippen molar-refractivity contribution < 1.29 is 28.7 Å². The smallest absolute Gasteiger partial charge is 0.349 e. The van der Waals surface area contributed by atoms with Crippen molar-refractivity contribution in [3.8, 4) is 29.1 Å². The average Bonchev–Trinajstić information content (AvgIpc) is 2.99. The van der Waals surface area contributed by atoms with Gasteiger partial charge in [-0.15, -0.1) is 0 Å². The number of carbonyl (C=O) groups excluding carboxylic acids is 1. The summed E-state index contributed by atoms with van der Waals surface area (Å²) in [5, 5.41) is 21.7. The van der Waals surface area contributed by atoms with Crippen LogP contribution in [-0.2, 0) is 11.4 Å². The van der Waals surface area contributed by atoms with Crippen LogP contribution in [0.2, 0.25) is 5.02 Å². The Morgan fingerprint density at radius 2 is 1.71 bits per heavy atom. The predicted octanol–water partition coefficient (Wildman–Crippen LogP) is 6.03. The first-order valence-electron chi connectivity index (χ1n) is 12.6. The summed E-state index contributed by atoms with van der Waals surface area (Å²) in [6.07, 6.45) is 0. The second-order valence-corrected chi connectivity index (χ2v) is 9.53. The minimum absolute atomic E-state index is 0.0561. The number of nitrogens with two attached hydrogens (primary N) is 1. The van der Waals surface area contributed by atoms with E-state index in [-0.39, 0.29) is 28.6 Å². The zero-order valence-electron chi connectivity index (χ0n) is 21.9. The number of nitro benzene ring substituents is 1. The molecular formula is C31H22ClN3O7. The van der Waals surface area contributed by atoms with E-state index in [1.165, 1.54) is 24.3 Å². The Labute approximate surface area is 245 Å². The van der Waals surface area contributed by atoms with Gasteiger partial charge in [-0.2, -0.15) is 5.26 Å². The molecule has 0 spiro atoms. The van der Waals surface area contributed by atoms with Crippen LogP contribution in [0.5, 0.6) is 23.0 Å². The van der Waals surface area contributed by atoms with E-state index < -0.39 is 23.4 Å². The molecule has 0 saturated carbocycles. The van der Waals surface area contributed by atoms with Crippen molar-refractivity contribution in [3.05, 3.63) is 134 Å². The van der Waals surface area contributed by atoms with Crippen LogP contribution >= 0.6 is 11.6 Å². The topological polar surface area (TPSA) is 147 Å². The molecule has 1 heterocycles. The fourth-order valence-electron chi connectivity index (χ4n) is 4.37. The number of allylic oxidation sites excluding steroid dienone is 1. The van der Waals surface area contributed by atoms with E-state index in [0.29, 0.717) is 28.7 Å². The van der Waals surface area contributed by atoms with Crippen molar-refractivity contribution in [2.45, 2.75) is 12.5 Å². The Balaban J connectivity index is 1.30. The quantitative estimate of drug-likeness (QED) is 0.108. The standard InChI is InChI=1S/C31H22ClN3O7/c32-21-9-5-19(6-10-21)17-39-22-11-7-20(8-12-22)30-24-14-13-23(15-28(24)42-31(34)25(30)16-33)41-29(36)18-40-27-4-2-1-3-26(27)35(37)38/h1-15,30H,17-18,34H2. The van der Waals surface area contributed by atoms with Gasteiger partial charge in [0.1, 0.15) is 35.5 Å². The summed E-state index contributed by atoms with van der Waals surface area (Å²) in [5.74, 6) is -0.346. The fourth-order valence-corrected chi connectivity index (χ4v) is 4.50. The fraction of sp³-hybridized carbons (Fsp3) is 0.0968. The molecule has 10 nitrogen and oxygen atoms in total. The van der Waals surface area contributed by atoms with Gasteiger partial charge in [0.2, 0.25) is 5.88 Å². The molecule has 0 bridgehead atoms. The van der Waals surface area contributed by atoms with E-state index in [1.807, 2.05) is 24.3 Å². The molecule has 42 heavy (non-hydrogen) atoms. The molecule has 0 radical (unpaired) electrons. The maximum atomic E-state index is 12.4. The Bertz CT molecular complexity index is 1710. The van der Waals surface area contributed by atoms with Gasteiger partial charge >= 0.3 is 11.7 Å². The van der Waals surface area contributed by atoms with Gasteiger partial charge in [-0.3, -0.25) is 10.1 Å². The van der Waals surface area contributed by atoms with Crippen LogP contribution in [0.3, 0.4) is 0 Å². The number of nitro groups is 1.